The van der Waals surface area contributed by atoms with Gasteiger partial charge in [0, 0.05) is 26.6 Å². The number of benzene rings is 1. The van der Waals surface area contributed by atoms with E-state index in [1.165, 1.54) is 17.8 Å². The molecule has 0 spiro atoms. The predicted octanol–water partition coefficient (Wildman–Crippen LogP) is 4.41. The van der Waals surface area contributed by atoms with E-state index in [1.54, 1.807) is 30.7 Å². The lowest BCUT2D eigenvalue weighted by Crippen LogP contribution is -2.58. The first-order chi connectivity index (χ1) is 17.3. The molecule has 0 unspecified atom stereocenters. The summed E-state index contributed by atoms with van der Waals surface area (Å²) in [6.07, 6.45) is 10.7. The van der Waals surface area contributed by atoms with Gasteiger partial charge in [-0.25, -0.2) is 0 Å². The van der Waals surface area contributed by atoms with Crippen molar-refractivity contribution in [2.24, 2.45) is 5.92 Å². The molecule has 2 saturated carbocycles. The molecule has 0 aliphatic heterocycles. The Balaban J connectivity index is 1.51. The van der Waals surface area contributed by atoms with Crippen molar-refractivity contribution in [3.05, 3.63) is 29.1 Å². The number of fused-ring (bicyclic) bond motifs is 1. The third-order valence-electron chi connectivity index (χ3n) is 7.69. The van der Waals surface area contributed by atoms with E-state index in [0.717, 1.165) is 67.4 Å². The molecule has 2 amide bonds. The molecule has 0 radical (unpaired) electrons. The number of carbonyl (C=O) groups excluding carboxylic acids is 3. The number of nitrogens with one attached hydrogen (secondary N) is 1. The van der Waals surface area contributed by atoms with Crippen LogP contribution in [0.3, 0.4) is 0 Å². The molecule has 2 aliphatic carbocycles. The molecule has 4 rings (SSSR count). The third-order valence-corrected chi connectivity index (χ3v) is 8.64. The van der Waals surface area contributed by atoms with Crippen molar-refractivity contribution in [3.63, 3.8) is 0 Å². The van der Waals surface area contributed by atoms with Crippen molar-refractivity contribution in [2.75, 3.05) is 20.2 Å². The number of carbonyl (C=O) groups is 4. The average Bonchev–Trinajstić information content (AvgIpc) is 3.31. The highest BCUT2D eigenvalue weighted by Crippen LogP contribution is 2.41. The summed E-state index contributed by atoms with van der Waals surface area (Å²) in [7, 11) is 1.55. The van der Waals surface area contributed by atoms with Crippen LogP contribution in [0.5, 0.6) is 5.75 Å². The lowest BCUT2D eigenvalue weighted by atomic mass is 9.67. The van der Waals surface area contributed by atoms with Gasteiger partial charge in [0.25, 0.3) is 11.7 Å². The maximum absolute atomic E-state index is 13.2. The highest BCUT2D eigenvalue weighted by molar-refractivity contribution is 7.17. The number of aliphatic carboxylic acids is 1. The molecular formula is C27H34N2O6S. The Labute approximate surface area is 215 Å². The fraction of sp³-hybridized carbons (Fsp3) is 0.556. The van der Waals surface area contributed by atoms with Crippen molar-refractivity contribution >= 4 is 45.0 Å². The minimum absolute atomic E-state index is 0.199. The molecular weight excluding hydrogens is 480 g/mol. The summed E-state index contributed by atoms with van der Waals surface area (Å²) >= 11 is 1.30. The van der Waals surface area contributed by atoms with Crippen LogP contribution in [0.25, 0.3) is 10.1 Å². The van der Waals surface area contributed by atoms with Crippen molar-refractivity contribution in [2.45, 2.75) is 69.7 Å². The summed E-state index contributed by atoms with van der Waals surface area (Å²) in [5.74, 6) is -2.45. The zero-order chi connectivity index (χ0) is 25.7. The molecule has 1 aromatic heterocycles. The summed E-state index contributed by atoms with van der Waals surface area (Å²) in [5.41, 5.74) is -0.107. The number of rotatable bonds is 9. The third kappa shape index (κ3) is 5.72. The molecule has 9 heteroatoms. The summed E-state index contributed by atoms with van der Waals surface area (Å²) in [4.78, 5) is 51.9. The molecule has 1 heterocycles. The molecule has 1 aromatic carbocycles. The minimum atomic E-state index is -1.27. The van der Waals surface area contributed by atoms with Gasteiger partial charge in [-0.2, -0.15) is 0 Å². The van der Waals surface area contributed by atoms with Crippen molar-refractivity contribution in [1.82, 2.24) is 10.2 Å². The van der Waals surface area contributed by atoms with E-state index in [-0.39, 0.29) is 11.1 Å². The summed E-state index contributed by atoms with van der Waals surface area (Å²) in [6.45, 7) is -1.18. The molecule has 0 saturated heterocycles. The molecule has 2 fully saturated rings. The van der Waals surface area contributed by atoms with Gasteiger partial charge in [-0.3, -0.25) is 19.2 Å². The quantitative estimate of drug-likeness (QED) is 0.379. The van der Waals surface area contributed by atoms with E-state index < -0.39 is 36.7 Å². The van der Waals surface area contributed by atoms with Gasteiger partial charge in [0.2, 0.25) is 5.91 Å². The van der Waals surface area contributed by atoms with Gasteiger partial charge in [-0.05, 0) is 49.8 Å². The van der Waals surface area contributed by atoms with E-state index >= 15 is 0 Å². The second-order valence-electron chi connectivity index (χ2n) is 10.00. The minimum Gasteiger partial charge on any atom is -0.497 e. The Bertz CT molecular complexity index is 1130. The summed E-state index contributed by atoms with van der Waals surface area (Å²) < 4.78 is 5.99. The molecule has 2 aromatic rings. The molecule has 8 nitrogen and oxygen atoms in total. The maximum Gasteiger partial charge on any atom is 0.323 e. The zero-order valence-corrected chi connectivity index (χ0v) is 21.5. The van der Waals surface area contributed by atoms with Gasteiger partial charge in [0.15, 0.2) is 0 Å². The Kier molecular flexibility index (Phi) is 8.28. The lowest BCUT2D eigenvalue weighted by molar-refractivity contribution is -0.144. The van der Waals surface area contributed by atoms with Gasteiger partial charge in [-0.15, -0.1) is 11.3 Å². The second-order valence-corrected chi connectivity index (χ2v) is 10.9. The number of amides is 2. The van der Waals surface area contributed by atoms with Crippen LogP contribution in [0.4, 0.5) is 0 Å². The highest BCUT2D eigenvalue weighted by Gasteiger charge is 2.41. The number of carboxylic acids is 1. The van der Waals surface area contributed by atoms with Crippen LogP contribution < -0.4 is 10.1 Å². The summed E-state index contributed by atoms with van der Waals surface area (Å²) in [5, 5.41) is 14.8. The lowest BCUT2D eigenvalue weighted by Gasteiger charge is -2.46. The average molecular weight is 515 g/mol. The van der Waals surface area contributed by atoms with Gasteiger partial charge >= 0.3 is 5.97 Å². The summed E-state index contributed by atoms with van der Waals surface area (Å²) in [6, 6.07) is 5.18. The van der Waals surface area contributed by atoms with E-state index in [1.807, 2.05) is 0 Å². The van der Waals surface area contributed by atoms with Gasteiger partial charge in [0.1, 0.15) is 18.8 Å². The van der Waals surface area contributed by atoms with Gasteiger partial charge in [0.05, 0.1) is 7.11 Å². The van der Waals surface area contributed by atoms with Gasteiger partial charge in [-0.1, -0.05) is 38.5 Å². The van der Waals surface area contributed by atoms with Crippen LogP contribution in [0.1, 0.15) is 74.6 Å². The van der Waals surface area contributed by atoms with Crippen LogP contribution in [-0.2, 0) is 14.4 Å². The van der Waals surface area contributed by atoms with Crippen LogP contribution in [-0.4, -0.2) is 59.3 Å². The van der Waals surface area contributed by atoms with E-state index in [2.05, 4.69) is 5.32 Å². The number of Topliss-reactive ketones (excluding diaryl/α,β-unsaturated/α-hetero) is 1. The first-order valence-corrected chi connectivity index (χ1v) is 13.6. The van der Waals surface area contributed by atoms with Crippen LogP contribution in [0.15, 0.2) is 23.6 Å². The van der Waals surface area contributed by atoms with Crippen LogP contribution >= 0.6 is 11.3 Å². The molecule has 2 N–H and O–H groups in total. The van der Waals surface area contributed by atoms with E-state index in [9.17, 15) is 24.3 Å². The Morgan fingerprint density at radius 2 is 1.75 bits per heavy atom. The molecule has 2 aliphatic rings. The first-order valence-electron chi connectivity index (χ1n) is 12.7. The normalized spacial score (nSPS) is 17.9. The number of ketones is 1. The Hall–Kier alpha value is -2.94. The maximum atomic E-state index is 13.2. The fourth-order valence-electron chi connectivity index (χ4n) is 5.90. The van der Waals surface area contributed by atoms with Crippen LogP contribution in [0.2, 0.25) is 0 Å². The number of methoxy groups -OCH3 is 1. The number of ether oxygens (including phenoxy) is 1. The van der Waals surface area contributed by atoms with Crippen molar-refractivity contribution in [1.29, 1.82) is 0 Å². The predicted molar refractivity (Wildman–Crippen MR) is 137 cm³/mol. The fourth-order valence-corrected chi connectivity index (χ4v) is 6.86. The number of hydrogen-bond donors (Lipinski definition) is 2. The van der Waals surface area contributed by atoms with E-state index in [0.29, 0.717) is 17.1 Å². The molecule has 0 atom stereocenters. The zero-order valence-electron chi connectivity index (χ0n) is 20.7. The SMILES string of the molecule is COc1ccc2c(C(=O)C(=O)N(CC(=O)O)CC(=O)NC3(C4CCCCC4)CCCCC3)csc2c1. The number of thiophene rings is 1. The number of hydrogen-bond acceptors (Lipinski definition) is 6. The number of carboxylic acid groups (broad SMARTS) is 1. The molecule has 194 valence electrons. The highest BCUT2D eigenvalue weighted by atomic mass is 32.1. The van der Waals surface area contributed by atoms with Crippen LogP contribution in [0, 0.1) is 5.92 Å². The number of nitrogens with zero attached hydrogens (tertiary/aromatic N) is 1. The topological polar surface area (TPSA) is 113 Å². The molecule has 0 bridgehead atoms. The smallest absolute Gasteiger partial charge is 0.323 e. The first kappa shape index (κ1) is 26.1. The Morgan fingerprint density at radius 3 is 2.42 bits per heavy atom. The second kappa shape index (κ2) is 11.4. The van der Waals surface area contributed by atoms with Gasteiger partial charge < -0.3 is 20.1 Å². The Morgan fingerprint density at radius 1 is 1.06 bits per heavy atom. The van der Waals surface area contributed by atoms with Crippen molar-refractivity contribution in [3.8, 4) is 5.75 Å². The largest absolute Gasteiger partial charge is 0.497 e. The van der Waals surface area contributed by atoms with E-state index in [4.69, 9.17) is 4.74 Å². The monoisotopic (exact) mass is 514 g/mol. The van der Waals surface area contributed by atoms with Crippen molar-refractivity contribution < 1.29 is 29.0 Å². The standard InChI is InChI=1S/C27H34N2O6S/c1-35-19-10-11-20-21(17-36-22(20)14-19)25(33)26(34)29(16-24(31)32)15-23(30)28-27(12-6-3-7-13-27)18-8-4-2-5-9-18/h10-11,14,17-18H,2-9,12-13,15-16H2,1H3,(H,28,30)(H,31,32). The molecule has 36 heavy (non-hydrogen) atoms.